The van der Waals surface area contributed by atoms with Gasteiger partial charge in [0.15, 0.2) is 28.6 Å². The molecule has 9 aliphatic heterocycles. The molecule has 13 heterocycles. The van der Waals surface area contributed by atoms with Crippen LogP contribution in [0.15, 0.2) is 103 Å². The van der Waals surface area contributed by atoms with Crippen LogP contribution >= 0.6 is 0 Å². The van der Waals surface area contributed by atoms with E-state index in [2.05, 4.69) is 34.0 Å². The van der Waals surface area contributed by atoms with Gasteiger partial charge in [-0.1, -0.05) is 51.1 Å². The first-order valence-electron chi connectivity index (χ1n) is 42.9. The van der Waals surface area contributed by atoms with Crippen molar-refractivity contribution in [1.82, 2.24) is 34.1 Å². The number of aromatic nitrogens is 3. The van der Waals surface area contributed by atoms with E-state index in [1.165, 1.54) is 71.6 Å². The van der Waals surface area contributed by atoms with E-state index < -0.39 is 134 Å². The van der Waals surface area contributed by atoms with Crippen LogP contribution in [0.2, 0.25) is 0 Å². The second-order valence-electron chi connectivity index (χ2n) is 32.1. The smallest absolute Gasteiger partial charge is 0.407 e. The first-order valence-corrected chi connectivity index (χ1v) is 42.9. The number of hydrogen-bond donors (Lipinski definition) is 9. The molecule has 0 saturated carbocycles. The molecule has 3 aromatic carbocycles. The number of aromatic hydroxyl groups is 1. The number of likely N-dealkylation sites (N-methyl/N-ethyl adjacent to an activating group) is 2. The number of hydrogen-bond acceptors (Lipinski definition) is 37. The Hall–Kier alpha value is -13.4. The number of nitrogens with two attached hydrogens (primary N) is 4. The Morgan fingerprint density at radius 3 is 1.28 bits per heavy atom. The molecule has 16 rings (SSSR count). The summed E-state index contributed by atoms with van der Waals surface area (Å²) >= 11 is 0. The maximum absolute atomic E-state index is 13.8. The minimum Gasteiger partial charge on any atom is -0.503 e. The number of pyridine rings is 3. The predicted octanol–water partition coefficient (Wildman–Crippen LogP) is 2.23. The fraction of sp³-hybridized carbons (Fsp3) is 0.484. The molecule has 9 aliphatic rings. The monoisotopic (exact) mass is 2000 g/mol. The van der Waals surface area contributed by atoms with Crippen LogP contribution in [0, 0.1) is 66.5 Å². The summed E-state index contributed by atoms with van der Waals surface area (Å²) in [5.41, 5.74) is 18.0. The third-order valence-electron chi connectivity index (χ3n) is 22.9. The lowest BCUT2D eigenvalue weighted by Gasteiger charge is -2.37. The number of halogens is 6. The van der Waals surface area contributed by atoms with Gasteiger partial charge in [-0.25, -0.2) is 45.5 Å². The summed E-state index contributed by atoms with van der Waals surface area (Å²) in [6.45, 7) is 15.8. The molecule has 7 aromatic rings. The number of alkyl carbamates (subject to hydrolysis) is 1. The Morgan fingerprint density at radius 1 is 0.475 bits per heavy atom. The van der Waals surface area contributed by atoms with Crippen LogP contribution in [0.25, 0.3) is 0 Å². The first-order chi connectivity index (χ1) is 67.0. The topological polar surface area (TPSA) is 609 Å². The molecule has 141 heavy (non-hydrogen) atoms. The summed E-state index contributed by atoms with van der Waals surface area (Å²) in [6.07, 6.45) is 4.24. The summed E-state index contributed by atoms with van der Waals surface area (Å²) in [5, 5.41) is 32.9. The number of carbonyl (C=O) groups excluding carboxylic acids is 11. The molecule has 0 bridgehead atoms. The molecule has 772 valence electrons. The Kier molecular flexibility index (Phi) is 46.3. The number of carbonyl (C=O) groups is 7. The van der Waals surface area contributed by atoms with E-state index in [9.17, 15) is 84.2 Å². The third kappa shape index (κ3) is 30.5. The lowest BCUT2D eigenvalue weighted by Crippen LogP contribution is -2.49. The SMILES string of the molecule is CN1C(=O)c2c(O)c(=O)c(C(=O)NCc3c(F)cc(F)cc3F)cn2[C@@H]2COC[C@@H]21.COC(=O)c1cn([C@@H]2COC[C@@H]2NC(=O)OCc2ccccc2)c(C)c(OC)c1=O.COC(=O)c1cn2c(c(OC)c1=O)C(=O)N(C)[C@H]1COC[C@H]12.COC(=O)c1coc(C)c(OC)c1=O.C[C@H]1COC[C@@H]1O.C[C@H]1COC[C@H]1N.C[C@H]1COC[C@H]1N.NCc1c(F)cc(F)cc1F.N[C@H]1COC[C@@H]1O.O=C=O.O=C=O. The van der Waals surface area contributed by atoms with E-state index in [1.54, 1.807) is 34.9 Å². The molecule has 50 heteroatoms. The fourth-order valence-electron chi connectivity index (χ4n) is 14.5. The second-order valence-corrected chi connectivity index (χ2v) is 32.1. The van der Waals surface area contributed by atoms with Crippen LogP contribution in [0.4, 0.5) is 31.1 Å². The Bertz CT molecular complexity index is 5620. The number of rotatable bonds is 14. The molecule has 0 radical (unpaired) electrons. The number of esters is 3. The van der Waals surface area contributed by atoms with Crippen LogP contribution in [-0.2, 0) is 91.0 Å². The number of amides is 4. The van der Waals surface area contributed by atoms with Crippen LogP contribution in [0.5, 0.6) is 23.0 Å². The van der Waals surface area contributed by atoms with E-state index in [4.69, 9.17) is 114 Å². The first kappa shape index (κ1) is 116. The average Bonchev–Trinajstić information content (AvgIpc) is 1.65. The van der Waals surface area contributed by atoms with Crippen molar-refractivity contribution in [2.75, 3.05) is 149 Å². The van der Waals surface area contributed by atoms with E-state index in [1.807, 2.05) is 37.3 Å². The van der Waals surface area contributed by atoms with Gasteiger partial charge in [0.25, 0.3) is 17.7 Å². The van der Waals surface area contributed by atoms with Crippen molar-refractivity contribution < 1.29 is 165 Å². The maximum atomic E-state index is 13.8. The maximum Gasteiger partial charge on any atom is 0.407 e. The van der Waals surface area contributed by atoms with Crippen molar-refractivity contribution in [2.24, 2.45) is 40.7 Å². The lowest BCUT2D eigenvalue weighted by molar-refractivity contribution is -0.193. The number of aryl methyl sites for hydroxylation is 1. The van der Waals surface area contributed by atoms with Crippen LogP contribution in [-0.4, -0.2) is 291 Å². The molecule has 7 saturated heterocycles. The third-order valence-corrected chi connectivity index (χ3v) is 22.9. The van der Waals surface area contributed by atoms with Crippen molar-refractivity contribution in [3.63, 3.8) is 0 Å². The molecule has 0 unspecified atom stereocenters. The van der Waals surface area contributed by atoms with Gasteiger partial charge in [-0.3, -0.25) is 33.6 Å². The molecular weight excluding hydrogens is 1890 g/mol. The van der Waals surface area contributed by atoms with Crippen molar-refractivity contribution >= 4 is 54.0 Å². The number of nitrogens with one attached hydrogen (secondary N) is 2. The van der Waals surface area contributed by atoms with Crippen LogP contribution in [0.1, 0.15) is 129 Å². The average molecular weight is 2000 g/mol. The summed E-state index contributed by atoms with van der Waals surface area (Å²) in [5.74, 6) is -9.72. The highest BCUT2D eigenvalue weighted by atomic mass is 19.2. The summed E-state index contributed by atoms with van der Waals surface area (Å²) in [7, 11) is 10.8. The van der Waals surface area contributed by atoms with Gasteiger partial charge in [0, 0.05) is 99.2 Å². The second kappa shape index (κ2) is 56.1. The number of benzene rings is 3. The molecule has 4 amide bonds. The van der Waals surface area contributed by atoms with Crippen molar-refractivity contribution in [3.05, 3.63) is 217 Å². The largest absolute Gasteiger partial charge is 0.503 e. The van der Waals surface area contributed by atoms with E-state index in [0.717, 1.165) is 51.1 Å². The number of ether oxygens (including phenoxy) is 14. The molecule has 14 atom stereocenters. The number of aliphatic hydroxyl groups is 2. The van der Waals surface area contributed by atoms with Gasteiger partial charge in [-0.05, 0) is 31.2 Å². The molecular formula is C91H113F6N11O33. The minimum absolute atomic E-state index is 0.0212. The van der Waals surface area contributed by atoms with Gasteiger partial charge in [0.2, 0.25) is 27.5 Å². The van der Waals surface area contributed by atoms with Gasteiger partial charge in [0.1, 0.15) is 75.8 Å². The highest BCUT2D eigenvalue weighted by Gasteiger charge is 2.46. The van der Waals surface area contributed by atoms with Gasteiger partial charge in [0.05, 0.1) is 195 Å². The van der Waals surface area contributed by atoms with Crippen molar-refractivity contribution in [3.8, 4) is 23.0 Å². The Labute approximate surface area is 801 Å². The number of fused-ring (bicyclic) bond motifs is 6. The van der Waals surface area contributed by atoms with E-state index >= 15 is 0 Å². The summed E-state index contributed by atoms with van der Waals surface area (Å²) in [6, 6.07) is 10.0. The van der Waals surface area contributed by atoms with Crippen molar-refractivity contribution in [2.45, 2.75) is 121 Å². The number of nitrogens with zero attached hydrogens (tertiary/aromatic N) is 5. The minimum atomic E-state index is -1.20. The number of methoxy groups -OCH3 is 6. The molecule has 0 spiro atoms. The standard InChI is InChI=1S/C21H24N2O7.C19H16F3N3O5.C14H16N2O6.C9H10O5.C7H6F3N.2C5H11NO.C5H10O2.C4H9NO2.2CO2/c1-13-19(27-2)18(24)15(20(25)28-3)9-23(13)17-12-29-11-16(17)22-21(26)30-10-14-7-5-4-6-8-14;1-24-13-6-30-7-14(13)25-5-10(16(26)17(27)15(25)19(24)29)18(28)23-4-9-11(21)2-8(20)3-12(9)22;1-15-8-5-22-6-9(8)16-4-7(14(19)21-3)11(17)12(20-2)10(16)13(15)18;1-5-8(12-2)7(10)6(4-14-5)9(11)13-3;8-4-1-6(9)5(3-11)7(10)2-4;3*1-4-2-7-3-5(4)6;5-3-1-7-2-4(3)6;2*2-1-3/h4-9,16-17H,10-12H2,1-3H3,(H,22,26);2-3,5,13-14,27H,4,6-7H2,1H3,(H,23,28);4,8-9H,5-6H2,1-3H3;4H,1-3H3;1-2H,3,11H2;2*4-5H,2-3,6H2,1H3;4-6H,2-3H2,1H3;3-4,6H,1-2,5H2;;/t16-,17+;13-,14+;8-,9+;;;2*4-,5+;4-,5-;3-,4-;;/m000..0000../s1. The highest BCUT2D eigenvalue weighted by Crippen LogP contribution is 2.37. The molecule has 13 N–H and O–H groups in total. The summed E-state index contributed by atoms with van der Waals surface area (Å²) in [4.78, 5) is 169. The van der Waals surface area contributed by atoms with Gasteiger partial charge >= 0.3 is 36.3 Å². The molecule has 4 aromatic heterocycles. The predicted molar refractivity (Wildman–Crippen MR) is 475 cm³/mol. The van der Waals surface area contributed by atoms with Gasteiger partial charge in [-0.15, -0.1) is 0 Å². The number of aliphatic hydroxyl groups excluding tert-OH is 2. The van der Waals surface area contributed by atoms with Crippen LogP contribution in [0.3, 0.4) is 0 Å². The molecule has 0 aliphatic carbocycles. The normalized spacial score (nSPS) is 21.9. The Balaban J connectivity index is 0.000000254. The van der Waals surface area contributed by atoms with Gasteiger partial charge in [-0.2, -0.15) is 19.2 Å². The quantitative estimate of drug-likeness (QED) is 0.0428. The molecule has 7 fully saturated rings. The highest BCUT2D eigenvalue weighted by molar-refractivity contribution is 6.00. The molecule has 44 nitrogen and oxygen atoms in total. The van der Waals surface area contributed by atoms with E-state index in [-0.39, 0.29) is 145 Å². The van der Waals surface area contributed by atoms with Crippen molar-refractivity contribution in [1.29, 1.82) is 0 Å². The summed E-state index contributed by atoms with van der Waals surface area (Å²) < 4.78 is 158. The zero-order chi connectivity index (χ0) is 105. The zero-order valence-electron chi connectivity index (χ0n) is 79.0. The fourth-order valence-corrected chi connectivity index (χ4v) is 14.5. The van der Waals surface area contributed by atoms with Gasteiger partial charge < -0.3 is 143 Å². The lowest BCUT2D eigenvalue weighted by atomic mass is 10.0. The zero-order valence-corrected chi connectivity index (χ0v) is 79.0. The van der Waals surface area contributed by atoms with Crippen LogP contribution < -0.4 is 69.5 Å². The Morgan fingerprint density at radius 2 is 0.872 bits per heavy atom. The van der Waals surface area contributed by atoms with E-state index in [0.29, 0.717) is 98.6 Å².